The summed E-state index contributed by atoms with van der Waals surface area (Å²) in [5.41, 5.74) is 3.44. The number of aryl methyl sites for hydroxylation is 1. The molecule has 0 unspecified atom stereocenters. The molecule has 0 aliphatic heterocycles. The van der Waals surface area contributed by atoms with Gasteiger partial charge < -0.3 is 9.64 Å². The summed E-state index contributed by atoms with van der Waals surface area (Å²) in [6.07, 6.45) is 0.973. The number of hydrogen-bond donors (Lipinski definition) is 0. The average Bonchev–Trinajstić information content (AvgIpc) is 3.27. The lowest BCUT2D eigenvalue weighted by Crippen LogP contribution is -2.33. The molecule has 29 heavy (non-hydrogen) atoms. The highest BCUT2D eigenvalue weighted by atomic mass is 32.1. The summed E-state index contributed by atoms with van der Waals surface area (Å²) < 4.78 is 5.20. The topological polar surface area (TPSA) is 59.5 Å². The Kier molecular flexibility index (Phi) is 6.77. The van der Waals surface area contributed by atoms with E-state index in [0.29, 0.717) is 0 Å². The van der Waals surface area contributed by atoms with Gasteiger partial charge in [-0.1, -0.05) is 61.5 Å². The summed E-state index contributed by atoms with van der Waals surface area (Å²) in [4.78, 5) is 30.7. The van der Waals surface area contributed by atoms with Crippen LogP contribution in [0.25, 0.3) is 10.6 Å². The number of esters is 1. The summed E-state index contributed by atoms with van der Waals surface area (Å²) in [6, 6.07) is 17.7. The smallest absolute Gasteiger partial charge is 0.358 e. The Morgan fingerprint density at radius 1 is 1.10 bits per heavy atom. The Hall–Kier alpha value is -2.99. The molecule has 1 aromatic heterocycles. The van der Waals surface area contributed by atoms with Crippen LogP contribution in [-0.4, -0.2) is 35.4 Å². The fraction of sp³-hybridized carbons (Fsp3) is 0.261. The number of nitrogens with zero attached hydrogens (tertiary/aromatic N) is 2. The second kappa shape index (κ2) is 9.47. The lowest BCUT2D eigenvalue weighted by Gasteiger charge is -2.25. The summed E-state index contributed by atoms with van der Waals surface area (Å²) in [5, 5.41) is 2.41. The fourth-order valence-electron chi connectivity index (χ4n) is 2.86. The van der Waals surface area contributed by atoms with Crippen molar-refractivity contribution < 1.29 is 14.3 Å². The molecular weight excluding hydrogens is 384 g/mol. The van der Waals surface area contributed by atoms with Gasteiger partial charge in [-0.3, -0.25) is 4.79 Å². The lowest BCUT2D eigenvalue weighted by atomic mass is 10.1. The fourth-order valence-corrected chi connectivity index (χ4v) is 3.65. The summed E-state index contributed by atoms with van der Waals surface area (Å²) in [5.74, 6) is -0.855. The van der Waals surface area contributed by atoms with E-state index in [1.807, 2.05) is 49.4 Å². The molecule has 1 atom stereocenters. The van der Waals surface area contributed by atoms with Crippen LogP contribution in [0, 0.1) is 0 Å². The van der Waals surface area contributed by atoms with Crippen molar-refractivity contribution in [3.8, 4) is 10.6 Å². The van der Waals surface area contributed by atoms with Crippen molar-refractivity contribution in [2.45, 2.75) is 26.3 Å². The highest BCUT2D eigenvalue weighted by Crippen LogP contribution is 2.24. The van der Waals surface area contributed by atoms with Gasteiger partial charge in [0.05, 0.1) is 6.04 Å². The minimum absolute atomic E-state index is 0.112. The second-order valence-corrected chi connectivity index (χ2v) is 7.61. The van der Waals surface area contributed by atoms with Gasteiger partial charge in [0.15, 0.2) is 12.3 Å². The zero-order chi connectivity index (χ0) is 20.8. The molecule has 0 aliphatic rings. The number of thiazole rings is 1. The van der Waals surface area contributed by atoms with Crippen LogP contribution in [-0.2, 0) is 16.0 Å². The van der Waals surface area contributed by atoms with Crippen LogP contribution in [0.2, 0.25) is 0 Å². The molecule has 0 N–H and O–H groups in total. The van der Waals surface area contributed by atoms with Crippen molar-refractivity contribution in [3.05, 3.63) is 76.8 Å². The summed E-state index contributed by atoms with van der Waals surface area (Å²) in [7, 11) is 1.70. The van der Waals surface area contributed by atoms with Gasteiger partial charge >= 0.3 is 5.97 Å². The van der Waals surface area contributed by atoms with Crippen molar-refractivity contribution in [2.24, 2.45) is 0 Å². The molecule has 1 heterocycles. The molecule has 0 aliphatic carbocycles. The minimum atomic E-state index is -0.591. The molecule has 0 fully saturated rings. The first-order valence-electron chi connectivity index (χ1n) is 9.52. The average molecular weight is 409 g/mol. The van der Waals surface area contributed by atoms with Gasteiger partial charge in [0.1, 0.15) is 5.01 Å². The number of carbonyl (C=O) groups is 2. The van der Waals surface area contributed by atoms with E-state index in [4.69, 9.17) is 4.74 Å². The molecule has 150 valence electrons. The molecule has 2 aromatic carbocycles. The Labute approximate surface area is 175 Å². The number of likely N-dealkylation sites (N-methyl/N-ethyl adjacent to an activating group) is 1. The van der Waals surface area contributed by atoms with Crippen molar-refractivity contribution in [1.29, 1.82) is 0 Å². The van der Waals surface area contributed by atoms with E-state index in [1.54, 1.807) is 17.3 Å². The van der Waals surface area contributed by atoms with E-state index >= 15 is 0 Å². The van der Waals surface area contributed by atoms with Gasteiger partial charge in [0, 0.05) is 18.0 Å². The van der Waals surface area contributed by atoms with E-state index in [9.17, 15) is 9.59 Å². The summed E-state index contributed by atoms with van der Waals surface area (Å²) in [6.45, 7) is 3.72. The molecule has 0 spiro atoms. The molecule has 0 saturated carbocycles. The van der Waals surface area contributed by atoms with Crippen LogP contribution in [0.3, 0.4) is 0 Å². The molecule has 3 aromatic rings. The number of rotatable bonds is 7. The third-order valence-electron chi connectivity index (χ3n) is 4.91. The Morgan fingerprint density at radius 2 is 1.79 bits per heavy atom. The number of benzene rings is 2. The van der Waals surface area contributed by atoms with E-state index in [-0.39, 0.29) is 24.2 Å². The standard InChI is InChI=1S/C23H24N2O3S/c1-4-17-10-12-19(13-11-17)22-24-20(15-29-22)23(27)28-14-21(26)25(3)16(2)18-8-6-5-7-9-18/h5-13,15-16H,4,14H2,1-3H3/t16-/m1/s1. The van der Waals surface area contributed by atoms with Crippen LogP contribution in [0.5, 0.6) is 0 Å². The maximum absolute atomic E-state index is 12.4. The van der Waals surface area contributed by atoms with E-state index < -0.39 is 5.97 Å². The maximum Gasteiger partial charge on any atom is 0.358 e. The van der Waals surface area contributed by atoms with Crippen molar-refractivity contribution in [2.75, 3.05) is 13.7 Å². The van der Waals surface area contributed by atoms with Gasteiger partial charge in [-0.2, -0.15) is 0 Å². The quantitative estimate of drug-likeness (QED) is 0.530. The van der Waals surface area contributed by atoms with E-state index in [1.165, 1.54) is 16.9 Å². The molecule has 0 radical (unpaired) electrons. The SMILES string of the molecule is CCc1ccc(-c2nc(C(=O)OCC(=O)N(C)[C@H](C)c3ccccc3)cs2)cc1. The van der Waals surface area contributed by atoms with Crippen LogP contribution in [0.1, 0.15) is 41.5 Å². The Morgan fingerprint density at radius 3 is 2.45 bits per heavy atom. The van der Waals surface area contributed by atoms with Gasteiger partial charge in [-0.15, -0.1) is 11.3 Å². The molecule has 5 nitrogen and oxygen atoms in total. The normalized spacial score (nSPS) is 11.7. The van der Waals surface area contributed by atoms with Gasteiger partial charge in [0.2, 0.25) is 0 Å². The number of ether oxygens (including phenoxy) is 1. The maximum atomic E-state index is 12.4. The summed E-state index contributed by atoms with van der Waals surface area (Å²) >= 11 is 1.38. The predicted octanol–water partition coefficient (Wildman–Crippen LogP) is 4.75. The first-order valence-corrected chi connectivity index (χ1v) is 10.4. The lowest BCUT2D eigenvalue weighted by molar-refractivity contribution is -0.135. The molecule has 0 saturated heterocycles. The van der Waals surface area contributed by atoms with Crippen LogP contribution >= 0.6 is 11.3 Å². The molecule has 3 rings (SSSR count). The largest absolute Gasteiger partial charge is 0.451 e. The molecular formula is C23H24N2O3S. The van der Waals surface area contributed by atoms with E-state index in [0.717, 1.165) is 22.6 Å². The van der Waals surface area contributed by atoms with Crippen LogP contribution in [0.4, 0.5) is 0 Å². The third kappa shape index (κ3) is 5.09. The number of hydrogen-bond acceptors (Lipinski definition) is 5. The highest BCUT2D eigenvalue weighted by molar-refractivity contribution is 7.13. The van der Waals surface area contributed by atoms with E-state index in [2.05, 4.69) is 24.0 Å². The van der Waals surface area contributed by atoms with Gasteiger partial charge in [-0.05, 0) is 24.5 Å². The van der Waals surface area contributed by atoms with Gasteiger partial charge in [-0.25, -0.2) is 9.78 Å². The van der Waals surface area contributed by atoms with Crippen LogP contribution < -0.4 is 0 Å². The molecule has 1 amide bonds. The Bertz CT molecular complexity index is 967. The zero-order valence-corrected chi connectivity index (χ0v) is 17.6. The monoisotopic (exact) mass is 408 g/mol. The van der Waals surface area contributed by atoms with Crippen molar-refractivity contribution in [1.82, 2.24) is 9.88 Å². The predicted molar refractivity (Wildman–Crippen MR) is 115 cm³/mol. The van der Waals surface area contributed by atoms with Crippen LogP contribution in [0.15, 0.2) is 60.0 Å². The number of amides is 1. The Balaban J connectivity index is 1.57. The van der Waals surface area contributed by atoms with Crippen molar-refractivity contribution in [3.63, 3.8) is 0 Å². The first kappa shape index (κ1) is 20.7. The highest BCUT2D eigenvalue weighted by Gasteiger charge is 2.20. The van der Waals surface area contributed by atoms with Crippen molar-refractivity contribution >= 4 is 23.2 Å². The molecule has 0 bridgehead atoms. The number of carbonyl (C=O) groups excluding carboxylic acids is 2. The first-order chi connectivity index (χ1) is 14.0. The zero-order valence-electron chi connectivity index (χ0n) is 16.8. The number of aromatic nitrogens is 1. The second-order valence-electron chi connectivity index (χ2n) is 6.76. The molecule has 6 heteroatoms. The third-order valence-corrected chi connectivity index (χ3v) is 5.80. The minimum Gasteiger partial charge on any atom is -0.451 e. The van der Waals surface area contributed by atoms with Gasteiger partial charge in [0.25, 0.3) is 5.91 Å².